The topological polar surface area (TPSA) is 71.8 Å². The number of imidazole rings is 1. The van der Waals surface area contributed by atoms with Gasteiger partial charge < -0.3 is 10.7 Å². The largest absolute Gasteiger partial charge is 0.399 e. The Bertz CT molecular complexity index is 577. The van der Waals surface area contributed by atoms with E-state index in [1.807, 2.05) is 18.2 Å². The summed E-state index contributed by atoms with van der Waals surface area (Å²) in [6.07, 6.45) is 1.74. The van der Waals surface area contributed by atoms with Gasteiger partial charge in [0.05, 0.1) is 11.0 Å². The zero-order valence-electron chi connectivity index (χ0n) is 11.5. The lowest BCUT2D eigenvalue weighted by atomic mass is 10.2. The first-order valence-corrected chi connectivity index (χ1v) is 8.12. The fourth-order valence-electron chi connectivity index (χ4n) is 1.88. The van der Waals surface area contributed by atoms with Crippen molar-refractivity contribution in [3.8, 4) is 0 Å². The minimum Gasteiger partial charge on any atom is -0.399 e. The highest BCUT2D eigenvalue weighted by atomic mass is 32.2. The van der Waals surface area contributed by atoms with Crippen LogP contribution in [-0.4, -0.2) is 25.7 Å². The van der Waals surface area contributed by atoms with E-state index >= 15 is 0 Å². The average Bonchev–Trinajstić information content (AvgIpc) is 2.75. The molecular formula is C14H21N3OS. The molecule has 2 rings (SSSR count). The lowest BCUT2D eigenvalue weighted by molar-refractivity contribution is 0.619. The van der Waals surface area contributed by atoms with Crippen LogP contribution in [-0.2, 0) is 17.2 Å². The highest BCUT2D eigenvalue weighted by Crippen LogP contribution is 2.15. The predicted octanol–water partition coefficient (Wildman–Crippen LogP) is 2.48. The van der Waals surface area contributed by atoms with Crippen LogP contribution in [0.4, 0.5) is 5.69 Å². The second-order valence-electron chi connectivity index (χ2n) is 5.24. The molecule has 0 amide bonds. The highest BCUT2D eigenvalue weighted by molar-refractivity contribution is 7.84. The summed E-state index contributed by atoms with van der Waals surface area (Å²) in [5, 5.41) is 0. The summed E-state index contributed by atoms with van der Waals surface area (Å²) in [5.41, 5.74) is 8.31. The van der Waals surface area contributed by atoms with E-state index in [1.54, 1.807) is 0 Å². The molecule has 1 aromatic carbocycles. The quantitative estimate of drug-likeness (QED) is 0.798. The predicted molar refractivity (Wildman–Crippen MR) is 81.5 cm³/mol. The van der Waals surface area contributed by atoms with Gasteiger partial charge in [-0.1, -0.05) is 13.8 Å². The maximum absolute atomic E-state index is 11.8. The van der Waals surface area contributed by atoms with Crippen LogP contribution in [0.5, 0.6) is 0 Å². The maximum Gasteiger partial charge on any atom is 0.108 e. The first kappa shape index (κ1) is 14.1. The smallest absolute Gasteiger partial charge is 0.108 e. The first-order valence-electron chi connectivity index (χ1n) is 6.63. The number of hydrogen-bond acceptors (Lipinski definition) is 3. The van der Waals surface area contributed by atoms with Gasteiger partial charge in [-0.2, -0.15) is 0 Å². The van der Waals surface area contributed by atoms with Crippen molar-refractivity contribution in [2.75, 3.05) is 17.2 Å². The molecule has 4 nitrogen and oxygen atoms in total. The Hall–Kier alpha value is -1.36. The number of nitrogens with zero attached hydrogens (tertiary/aromatic N) is 1. The van der Waals surface area contributed by atoms with Crippen LogP contribution in [0.15, 0.2) is 18.2 Å². The number of nitrogens with two attached hydrogens (primary N) is 1. The van der Waals surface area contributed by atoms with Gasteiger partial charge in [0, 0.05) is 34.4 Å². The van der Waals surface area contributed by atoms with Crippen LogP contribution in [0.25, 0.3) is 11.0 Å². The van der Waals surface area contributed by atoms with E-state index in [2.05, 4.69) is 23.8 Å². The Balaban J connectivity index is 1.92. The fourth-order valence-corrected chi connectivity index (χ4v) is 3.24. The van der Waals surface area contributed by atoms with Gasteiger partial charge in [-0.3, -0.25) is 4.21 Å². The van der Waals surface area contributed by atoms with E-state index in [0.29, 0.717) is 11.7 Å². The van der Waals surface area contributed by atoms with Crippen molar-refractivity contribution in [2.24, 2.45) is 5.92 Å². The van der Waals surface area contributed by atoms with Gasteiger partial charge in [-0.05, 0) is 30.5 Å². The normalized spacial score (nSPS) is 13.2. The Morgan fingerprint density at radius 2 is 2.16 bits per heavy atom. The monoisotopic (exact) mass is 279 g/mol. The van der Waals surface area contributed by atoms with Crippen molar-refractivity contribution >= 4 is 27.5 Å². The highest BCUT2D eigenvalue weighted by Gasteiger charge is 2.06. The van der Waals surface area contributed by atoms with E-state index in [1.165, 1.54) is 0 Å². The number of anilines is 1. The molecule has 1 atom stereocenters. The van der Waals surface area contributed by atoms with Gasteiger partial charge in [-0.15, -0.1) is 0 Å². The van der Waals surface area contributed by atoms with E-state index in [0.717, 1.165) is 41.1 Å². The number of hydrogen-bond donors (Lipinski definition) is 2. The average molecular weight is 279 g/mol. The number of nitrogens with one attached hydrogen (secondary N) is 1. The van der Waals surface area contributed by atoms with E-state index in [9.17, 15) is 4.21 Å². The Kier molecular flexibility index (Phi) is 4.58. The number of nitrogen functional groups attached to an aromatic ring is 1. The van der Waals surface area contributed by atoms with Crippen LogP contribution < -0.4 is 5.73 Å². The molecule has 0 saturated heterocycles. The van der Waals surface area contributed by atoms with Crippen LogP contribution >= 0.6 is 0 Å². The van der Waals surface area contributed by atoms with Crippen LogP contribution in [0.1, 0.15) is 26.1 Å². The van der Waals surface area contributed by atoms with Gasteiger partial charge in [0.15, 0.2) is 0 Å². The summed E-state index contributed by atoms with van der Waals surface area (Å²) in [6, 6.07) is 5.62. The van der Waals surface area contributed by atoms with Crippen molar-refractivity contribution in [3.63, 3.8) is 0 Å². The second-order valence-corrected chi connectivity index (χ2v) is 6.94. The molecule has 5 heteroatoms. The summed E-state index contributed by atoms with van der Waals surface area (Å²) in [7, 11) is -0.752. The zero-order chi connectivity index (χ0) is 13.8. The molecule has 0 spiro atoms. The minimum atomic E-state index is -0.752. The second kappa shape index (κ2) is 6.19. The summed E-state index contributed by atoms with van der Waals surface area (Å²) < 4.78 is 11.8. The molecule has 0 radical (unpaired) electrons. The number of aromatic amines is 1. The van der Waals surface area contributed by atoms with Crippen molar-refractivity contribution in [1.82, 2.24) is 9.97 Å². The standard InChI is InChI=1S/C14H21N3OS/c1-10(2)5-7-19(18)8-6-14-16-12-4-3-11(15)9-13(12)17-14/h3-4,9-10H,5-8,15H2,1-2H3,(H,16,17). The Morgan fingerprint density at radius 3 is 2.89 bits per heavy atom. The molecular weight excluding hydrogens is 258 g/mol. The van der Waals surface area contributed by atoms with Crippen LogP contribution in [0, 0.1) is 5.92 Å². The van der Waals surface area contributed by atoms with E-state index < -0.39 is 10.8 Å². The molecule has 0 aliphatic rings. The number of fused-ring (bicyclic) bond motifs is 1. The lowest BCUT2D eigenvalue weighted by Crippen LogP contribution is -2.08. The summed E-state index contributed by atoms with van der Waals surface area (Å²) in [4.78, 5) is 7.71. The number of benzene rings is 1. The summed E-state index contributed by atoms with van der Waals surface area (Å²) in [6.45, 7) is 4.31. The molecule has 1 heterocycles. The third kappa shape index (κ3) is 4.06. The summed E-state index contributed by atoms with van der Waals surface area (Å²) >= 11 is 0. The number of aromatic nitrogens is 2. The Labute approximate surface area is 116 Å². The van der Waals surface area contributed by atoms with Crippen molar-refractivity contribution in [3.05, 3.63) is 24.0 Å². The number of rotatable bonds is 6. The number of H-pyrrole nitrogens is 1. The van der Waals surface area contributed by atoms with Crippen LogP contribution in [0.2, 0.25) is 0 Å². The first-order chi connectivity index (χ1) is 9.04. The zero-order valence-corrected chi connectivity index (χ0v) is 12.3. The van der Waals surface area contributed by atoms with Crippen molar-refractivity contribution < 1.29 is 4.21 Å². The molecule has 0 aliphatic heterocycles. The fraction of sp³-hybridized carbons (Fsp3) is 0.500. The third-order valence-electron chi connectivity index (χ3n) is 3.04. The molecule has 0 bridgehead atoms. The molecule has 3 N–H and O–H groups in total. The lowest BCUT2D eigenvalue weighted by Gasteiger charge is -2.03. The molecule has 2 aromatic rings. The molecule has 1 unspecified atom stereocenters. The van der Waals surface area contributed by atoms with E-state index in [-0.39, 0.29) is 0 Å². The third-order valence-corrected chi connectivity index (χ3v) is 4.39. The van der Waals surface area contributed by atoms with Crippen LogP contribution in [0.3, 0.4) is 0 Å². The van der Waals surface area contributed by atoms with Crippen molar-refractivity contribution in [1.29, 1.82) is 0 Å². The summed E-state index contributed by atoms with van der Waals surface area (Å²) in [5.74, 6) is 2.95. The molecule has 1 aromatic heterocycles. The molecule has 0 aliphatic carbocycles. The Morgan fingerprint density at radius 1 is 1.37 bits per heavy atom. The van der Waals surface area contributed by atoms with Gasteiger partial charge in [0.1, 0.15) is 5.82 Å². The molecule has 0 fully saturated rings. The molecule has 19 heavy (non-hydrogen) atoms. The SMILES string of the molecule is CC(C)CCS(=O)CCc1nc2ccc(N)cc2[nH]1. The van der Waals surface area contributed by atoms with Crippen molar-refractivity contribution in [2.45, 2.75) is 26.7 Å². The van der Waals surface area contributed by atoms with Gasteiger partial charge in [0.2, 0.25) is 0 Å². The van der Waals surface area contributed by atoms with E-state index in [4.69, 9.17) is 5.73 Å². The number of aryl methyl sites for hydroxylation is 1. The minimum absolute atomic E-state index is 0.609. The molecule has 104 valence electrons. The maximum atomic E-state index is 11.8. The van der Waals surface area contributed by atoms with Gasteiger partial charge in [0.25, 0.3) is 0 Å². The van der Waals surface area contributed by atoms with Gasteiger partial charge >= 0.3 is 0 Å². The van der Waals surface area contributed by atoms with Gasteiger partial charge in [-0.25, -0.2) is 4.98 Å². The molecule has 0 saturated carbocycles.